The average Bonchev–Trinajstić information content (AvgIpc) is 2.39. The van der Waals surface area contributed by atoms with Gasteiger partial charge >= 0.3 is 0 Å². The van der Waals surface area contributed by atoms with Crippen LogP contribution in [0, 0.1) is 11.6 Å². The number of hydrogen-bond acceptors (Lipinski definition) is 4. The molecule has 7 heteroatoms. The number of aliphatic hydroxyl groups is 3. The molecule has 20 heavy (non-hydrogen) atoms. The zero-order valence-electron chi connectivity index (χ0n) is 10.9. The van der Waals surface area contributed by atoms with Gasteiger partial charge < -0.3 is 20.6 Å². The van der Waals surface area contributed by atoms with Crippen molar-refractivity contribution in [3.05, 3.63) is 35.4 Å². The first-order valence-corrected chi connectivity index (χ1v) is 6.04. The maximum atomic E-state index is 13.6. The number of carbonyl (C=O) groups is 1. The molecule has 112 valence electrons. The molecule has 1 amide bonds. The molecular weight excluding hydrogens is 272 g/mol. The third kappa shape index (κ3) is 4.52. The van der Waals surface area contributed by atoms with Crippen molar-refractivity contribution in [3.63, 3.8) is 0 Å². The summed E-state index contributed by atoms with van der Waals surface area (Å²) in [6.45, 7) is 0.613. The van der Waals surface area contributed by atoms with E-state index < -0.39 is 42.4 Å². The molecule has 0 heterocycles. The van der Waals surface area contributed by atoms with Gasteiger partial charge in [0.1, 0.15) is 17.7 Å². The van der Waals surface area contributed by atoms with Crippen molar-refractivity contribution in [1.82, 2.24) is 5.32 Å². The second-order valence-electron chi connectivity index (χ2n) is 4.49. The quantitative estimate of drug-likeness (QED) is 0.604. The van der Waals surface area contributed by atoms with E-state index in [4.69, 9.17) is 5.11 Å². The molecule has 0 fully saturated rings. The first-order chi connectivity index (χ1) is 9.35. The molecule has 0 saturated heterocycles. The molecule has 0 unspecified atom stereocenters. The van der Waals surface area contributed by atoms with Gasteiger partial charge in [-0.1, -0.05) is 0 Å². The van der Waals surface area contributed by atoms with Crippen LogP contribution < -0.4 is 5.32 Å². The molecule has 0 bridgehead atoms. The highest BCUT2D eigenvalue weighted by Gasteiger charge is 2.27. The highest BCUT2D eigenvalue weighted by molar-refractivity contribution is 5.73. The Hall–Kier alpha value is -1.57. The Bertz CT molecular complexity index is 470. The van der Waals surface area contributed by atoms with E-state index in [1.165, 1.54) is 6.92 Å². The van der Waals surface area contributed by atoms with E-state index in [2.05, 4.69) is 5.32 Å². The van der Waals surface area contributed by atoms with Crippen molar-refractivity contribution in [2.75, 3.05) is 6.61 Å². The van der Waals surface area contributed by atoms with Crippen LogP contribution >= 0.6 is 0 Å². The molecule has 0 spiro atoms. The summed E-state index contributed by atoms with van der Waals surface area (Å²) in [4.78, 5) is 11.1. The van der Waals surface area contributed by atoms with Crippen LogP contribution in [0.15, 0.2) is 18.2 Å². The smallest absolute Gasteiger partial charge is 0.217 e. The summed E-state index contributed by atoms with van der Waals surface area (Å²) >= 11 is 0. The van der Waals surface area contributed by atoms with E-state index >= 15 is 0 Å². The summed E-state index contributed by atoms with van der Waals surface area (Å²) in [5.74, 6) is -2.06. The predicted octanol–water partition coefficient (Wildman–Crippen LogP) is 0.246. The summed E-state index contributed by atoms with van der Waals surface area (Å²) in [7, 11) is 0. The van der Waals surface area contributed by atoms with Gasteiger partial charge in [-0.15, -0.1) is 0 Å². The molecule has 0 aliphatic rings. The normalized spacial score (nSPS) is 15.5. The minimum atomic E-state index is -1.55. The Kier molecular flexibility index (Phi) is 6.00. The average molecular weight is 289 g/mol. The number of hydrogen-bond donors (Lipinski definition) is 4. The Balaban J connectivity index is 2.99. The van der Waals surface area contributed by atoms with Gasteiger partial charge in [-0.05, 0) is 24.6 Å². The monoisotopic (exact) mass is 289 g/mol. The molecule has 5 nitrogen and oxygen atoms in total. The molecule has 1 aromatic carbocycles. The van der Waals surface area contributed by atoms with E-state index in [0.717, 1.165) is 18.2 Å². The Labute approximate surface area is 114 Å². The predicted molar refractivity (Wildman–Crippen MR) is 66.6 cm³/mol. The van der Waals surface area contributed by atoms with Gasteiger partial charge in [0.05, 0.1) is 18.8 Å². The Morgan fingerprint density at radius 1 is 1.35 bits per heavy atom. The lowest BCUT2D eigenvalue weighted by atomic mass is 9.96. The van der Waals surface area contributed by atoms with Gasteiger partial charge in [-0.3, -0.25) is 4.79 Å². The molecule has 1 aromatic rings. The second kappa shape index (κ2) is 7.28. The first-order valence-electron chi connectivity index (χ1n) is 6.04. The Morgan fingerprint density at radius 3 is 2.55 bits per heavy atom. The molecular formula is C13H17F2NO4. The van der Waals surface area contributed by atoms with Crippen LogP contribution in [0.1, 0.15) is 25.0 Å². The molecule has 0 aliphatic heterocycles. The van der Waals surface area contributed by atoms with Crippen molar-refractivity contribution in [2.24, 2.45) is 0 Å². The maximum Gasteiger partial charge on any atom is 0.217 e. The SMILES string of the molecule is CC(=O)N[C@@H](C[C@H](O)CO)[C@H](O)c1cc(F)ccc1F. The highest BCUT2D eigenvalue weighted by Crippen LogP contribution is 2.23. The standard InChI is InChI=1S/C13H17F2NO4/c1-7(18)16-12(5-9(19)6-17)13(20)10-4-8(14)2-3-11(10)15/h2-4,9,12-13,17,19-20H,5-6H2,1H3,(H,16,18)/t9-,12-,13+/m0/s1. The van der Waals surface area contributed by atoms with Gasteiger partial charge in [0, 0.05) is 12.5 Å². The van der Waals surface area contributed by atoms with Crippen LogP contribution in [-0.2, 0) is 4.79 Å². The lowest BCUT2D eigenvalue weighted by Gasteiger charge is -2.26. The fourth-order valence-electron chi connectivity index (χ4n) is 1.85. The molecule has 1 rings (SSSR count). The van der Waals surface area contributed by atoms with E-state index in [9.17, 15) is 23.8 Å². The Morgan fingerprint density at radius 2 is 2.00 bits per heavy atom. The lowest BCUT2D eigenvalue weighted by Crippen LogP contribution is -2.41. The van der Waals surface area contributed by atoms with Crippen molar-refractivity contribution in [2.45, 2.75) is 31.6 Å². The summed E-state index contributed by atoms with van der Waals surface area (Å²) in [6, 6.07) is 1.54. The van der Waals surface area contributed by atoms with Crippen LogP contribution in [-0.4, -0.2) is 40.0 Å². The van der Waals surface area contributed by atoms with Crippen molar-refractivity contribution < 1.29 is 28.9 Å². The van der Waals surface area contributed by atoms with Crippen LogP contribution in [0.2, 0.25) is 0 Å². The summed E-state index contributed by atoms with van der Waals surface area (Å²) in [5, 5.41) is 30.6. The van der Waals surface area contributed by atoms with E-state index in [-0.39, 0.29) is 12.0 Å². The van der Waals surface area contributed by atoms with Crippen LogP contribution in [0.4, 0.5) is 8.78 Å². The van der Waals surface area contributed by atoms with Gasteiger partial charge in [0.2, 0.25) is 5.91 Å². The van der Waals surface area contributed by atoms with Gasteiger partial charge in [0.25, 0.3) is 0 Å². The molecule has 4 N–H and O–H groups in total. The summed E-state index contributed by atoms with van der Waals surface area (Å²) in [5.41, 5.74) is -0.325. The highest BCUT2D eigenvalue weighted by atomic mass is 19.1. The molecule has 0 aliphatic carbocycles. The van der Waals surface area contributed by atoms with Crippen molar-refractivity contribution in [3.8, 4) is 0 Å². The maximum absolute atomic E-state index is 13.6. The van der Waals surface area contributed by atoms with Crippen molar-refractivity contribution >= 4 is 5.91 Å². The minimum Gasteiger partial charge on any atom is -0.394 e. The number of rotatable bonds is 6. The van der Waals surface area contributed by atoms with Gasteiger partial charge in [0.15, 0.2) is 0 Å². The third-order valence-electron chi connectivity index (χ3n) is 2.78. The molecule has 0 radical (unpaired) electrons. The summed E-state index contributed by atoms with van der Waals surface area (Å²) < 4.78 is 26.7. The van der Waals surface area contributed by atoms with Gasteiger partial charge in [-0.2, -0.15) is 0 Å². The van der Waals surface area contributed by atoms with E-state index in [0.29, 0.717) is 0 Å². The lowest BCUT2D eigenvalue weighted by molar-refractivity contribution is -0.121. The number of aliphatic hydroxyl groups excluding tert-OH is 3. The van der Waals surface area contributed by atoms with Crippen molar-refractivity contribution in [1.29, 1.82) is 0 Å². The third-order valence-corrected chi connectivity index (χ3v) is 2.78. The first kappa shape index (κ1) is 16.5. The van der Waals surface area contributed by atoms with Gasteiger partial charge in [-0.25, -0.2) is 8.78 Å². The number of amides is 1. The number of nitrogens with one attached hydrogen (secondary N) is 1. The largest absolute Gasteiger partial charge is 0.394 e. The van der Waals surface area contributed by atoms with E-state index in [1.807, 2.05) is 0 Å². The minimum absolute atomic E-state index is 0.201. The number of benzene rings is 1. The number of carbonyl (C=O) groups excluding carboxylic acids is 1. The summed E-state index contributed by atoms with van der Waals surface area (Å²) in [6.07, 6.45) is -2.94. The molecule has 3 atom stereocenters. The topological polar surface area (TPSA) is 89.8 Å². The number of halogens is 2. The zero-order chi connectivity index (χ0) is 15.3. The van der Waals surface area contributed by atoms with Crippen LogP contribution in [0.5, 0.6) is 0 Å². The zero-order valence-corrected chi connectivity index (χ0v) is 10.9. The fraction of sp³-hybridized carbons (Fsp3) is 0.462. The molecule has 0 aromatic heterocycles. The van der Waals surface area contributed by atoms with Crippen LogP contribution in [0.25, 0.3) is 0 Å². The van der Waals surface area contributed by atoms with Crippen LogP contribution in [0.3, 0.4) is 0 Å². The second-order valence-corrected chi connectivity index (χ2v) is 4.49. The van der Waals surface area contributed by atoms with E-state index in [1.54, 1.807) is 0 Å². The fourth-order valence-corrected chi connectivity index (χ4v) is 1.85. The molecule has 0 saturated carbocycles.